The minimum absolute atomic E-state index is 0.0114. The highest BCUT2D eigenvalue weighted by atomic mass is 19.3. The lowest BCUT2D eigenvalue weighted by molar-refractivity contribution is -0.133. The highest BCUT2D eigenvalue weighted by Crippen LogP contribution is 2.33. The Balaban J connectivity index is 1.76. The number of amides is 2. The summed E-state index contributed by atoms with van der Waals surface area (Å²) in [5.74, 6) is -0.107. The molecule has 2 aromatic rings. The van der Waals surface area contributed by atoms with E-state index >= 15 is 0 Å². The number of carbonyl (C=O) groups excluding carboxylic acids is 2. The Morgan fingerprint density at radius 1 is 1.14 bits per heavy atom. The number of carbonyl (C=O) groups is 2. The molecule has 36 heavy (non-hydrogen) atoms. The van der Waals surface area contributed by atoms with Crippen molar-refractivity contribution in [2.24, 2.45) is 11.0 Å². The zero-order chi connectivity index (χ0) is 26.1. The number of rotatable bonds is 12. The molecule has 1 atom stereocenters. The van der Waals surface area contributed by atoms with Gasteiger partial charge < -0.3 is 14.8 Å². The second kappa shape index (κ2) is 13.0. The number of unbranched alkanes of at least 4 members (excludes halogenated alkanes) is 2. The third-order valence-corrected chi connectivity index (χ3v) is 6.07. The quantitative estimate of drug-likeness (QED) is 0.363. The van der Waals surface area contributed by atoms with E-state index in [1.54, 1.807) is 12.1 Å². The third-order valence-electron chi connectivity index (χ3n) is 6.07. The van der Waals surface area contributed by atoms with Crippen molar-refractivity contribution < 1.29 is 27.8 Å². The van der Waals surface area contributed by atoms with Gasteiger partial charge in [0.25, 0.3) is 0 Å². The van der Waals surface area contributed by atoms with Crippen molar-refractivity contribution in [1.29, 1.82) is 0 Å². The summed E-state index contributed by atoms with van der Waals surface area (Å²) >= 11 is 0. The fourth-order valence-electron chi connectivity index (χ4n) is 4.08. The molecule has 0 spiro atoms. The van der Waals surface area contributed by atoms with Crippen LogP contribution in [0.25, 0.3) is 0 Å². The zero-order valence-corrected chi connectivity index (χ0v) is 20.9. The molecule has 0 saturated carbocycles. The van der Waals surface area contributed by atoms with Gasteiger partial charge in [-0.15, -0.1) is 0 Å². The highest BCUT2D eigenvalue weighted by molar-refractivity contribution is 6.06. The van der Waals surface area contributed by atoms with E-state index in [0.717, 1.165) is 24.8 Å². The van der Waals surface area contributed by atoms with Crippen LogP contribution in [-0.2, 0) is 16.1 Å². The molecule has 0 aliphatic carbocycles. The Hall–Kier alpha value is -3.49. The fourth-order valence-corrected chi connectivity index (χ4v) is 4.08. The van der Waals surface area contributed by atoms with Gasteiger partial charge in [0.15, 0.2) is 11.5 Å². The van der Waals surface area contributed by atoms with Gasteiger partial charge in [0, 0.05) is 30.0 Å². The maximum atomic E-state index is 12.8. The van der Waals surface area contributed by atoms with Gasteiger partial charge in [-0.25, -0.2) is 5.01 Å². The van der Waals surface area contributed by atoms with Crippen molar-refractivity contribution in [1.82, 2.24) is 5.01 Å². The van der Waals surface area contributed by atoms with Crippen molar-refractivity contribution in [3.8, 4) is 11.5 Å². The van der Waals surface area contributed by atoms with E-state index < -0.39 is 6.61 Å². The summed E-state index contributed by atoms with van der Waals surface area (Å²) in [6.45, 7) is 1.38. The van der Waals surface area contributed by atoms with E-state index in [2.05, 4.69) is 22.1 Å². The second-order valence-electron chi connectivity index (χ2n) is 8.69. The maximum absolute atomic E-state index is 12.8. The van der Waals surface area contributed by atoms with E-state index in [4.69, 9.17) is 4.74 Å². The van der Waals surface area contributed by atoms with Crippen molar-refractivity contribution >= 4 is 23.2 Å². The normalized spacial score (nSPS) is 15.6. The van der Waals surface area contributed by atoms with Gasteiger partial charge in [0.2, 0.25) is 11.8 Å². The lowest BCUT2D eigenvalue weighted by Gasteiger charge is -2.29. The molecule has 7 nitrogen and oxygen atoms in total. The maximum Gasteiger partial charge on any atom is 0.387 e. The van der Waals surface area contributed by atoms with Crippen molar-refractivity contribution in [2.45, 2.75) is 65.5 Å². The van der Waals surface area contributed by atoms with E-state index in [-0.39, 0.29) is 35.8 Å². The fraction of sp³-hybridized carbons (Fsp3) is 0.444. The molecule has 3 rings (SSSR count). The van der Waals surface area contributed by atoms with Crippen LogP contribution >= 0.6 is 0 Å². The topological polar surface area (TPSA) is 80.2 Å². The highest BCUT2D eigenvalue weighted by Gasteiger charge is 2.30. The first-order valence-electron chi connectivity index (χ1n) is 12.2. The molecular formula is C27H33F2N3O4. The summed E-state index contributed by atoms with van der Waals surface area (Å²) in [5.41, 5.74) is 2.94. The van der Waals surface area contributed by atoms with Crippen LogP contribution in [0.3, 0.4) is 0 Å². The average molecular weight is 502 g/mol. The Morgan fingerprint density at radius 2 is 1.89 bits per heavy atom. The number of alkyl halides is 2. The van der Waals surface area contributed by atoms with Crippen LogP contribution in [0, 0.1) is 5.92 Å². The van der Waals surface area contributed by atoms with Crippen LogP contribution in [0.5, 0.6) is 11.5 Å². The minimum atomic E-state index is -2.96. The number of benzene rings is 2. The van der Waals surface area contributed by atoms with Gasteiger partial charge in [-0.1, -0.05) is 38.8 Å². The number of hydrogen-bond acceptors (Lipinski definition) is 5. The Labute approximate surface area is 210 Å². The molecule has 0 saturated heterocycles. The number of hydrazone groups is 1. The van der Waals surface area contributed by atoms with Crippen molar-refractivity contribution in [2.75, 3.05) is 12.4 Å². The van der Waals surface area contributed by atoms with Gasteiger partial charge in [-0.3, -0.25) is 9.59 Å². The molecule has 0 fully saturated rings. The summed E-state index contributed by atoms with van der Waals surface area (Å²) in [6.07, 6.45) is 4.43. The lowest BCUT2D eigenvalue weighted by Crippen LogP contribution is -2.36. The summed E-state index contributed by atoms with van der Waals surface area (Å²) in [7, 11) is 1.38. The van der Waals surface area contributed by atoms with E-state index in [9.17, 15) is 18.4 Å². The summed E-state index contributed by atoms with van der Waals surface area (Å²) in [6, 6.07) is 12.0. The van der Waals surface area contributed by atoms with Crippen LogP contribution in [0.1, 0.15) is 63.5 Å². The predicted molar refractivity (Wildman–Crippen MR) is 134 cm³/mol. The molecule has 0 radical (unpaired) electrons. The van der Waals surface area contributed by atoms with Gasteiger partial charge in [-0.05, 0) is 48.7 Å². The number of nitrogens with zero attached hydrogens (tertiary/aromatic N) is 2. The van der Waals surface area contributed by atoms with Gasteiger partial charge in [-0.2, -0.15) is 13.9 Å². The number of anilines is 1. The number of hydrogen-bond donors (Lipinski definition) is 1. The van der Waals surface area contributed by atoms with Gasteiger partial charge in [0.05, 0.1) is 19.4 Å². The number of halogens is 2. The molecule has 1 aliphatic rings. The molecule has 2 aromatic carbocycles. The predicted octanol–water partition coefficient (Wildman–Crippen LogP) is 5.98. The molecule has 1 heterocycles. The molecule has 0 aromatic heterocycles. The van der Waals surface area contributed by atoms with Gasteiger partial charge in [0.1, 0.15) is 0 Å². The Morgan fingerprint density at radius 3 is 2.53 bits per heavy atom. The molecule has 194 valence electrons. The van der Waals surface area contributed by atoms with Crippen LogP contribution in [0.2, 0.25) is 0 Å². The van der Waals surface area contributed by atoms with Crippen LogP contribution in [0.4, 0.5) is 14.5 Å². The molecule has 9 heteroatoms. The number of ether oxygens (including phenoxy) is 2. The first kappa shape index (κ1) is 27.1. The van der Waals surface area contributed by atoms with Crippen LogP contribution < -0.4 is 14.8 Å². The number of nitrogens with one attached hydrogen (secondary N) is 1. The summed E-state index contributed by atoms with van der Waals surface area (Å²) in [4.78, 5) is 24.9. The van der Waals surface area contributed by atoms with Crippen LogP contribution in [0.15, 0.2) is 47.6 Å². The monoisotopic (exact) mass is 501 g/mol. The van der Waals surface area contributed by atoms with E-state index in [0.29, 0.717) is 36.2 Å². The standard InChI is InChI=1S/C27H33F2N3O4/c1-4-6-7-8-24(33)30-21-12-9-18(10-13-21)17-32-25(34)16-19(5-2)26(31-32)20-11-14-22(36-27(28)29)23(15-20)35-3/h9-15,19,27H,4-8,16-17H2,1-3H3,(H,30,33). The van der Waals surface area contributed by atoms with Crippen molar-refractivity contribution in [3.05, 3.63) is 53.6 Å². The smallest absolute Gasteiger partial charge is 0.387 e. The Bertz CT molecular complexity index is 1070. The largest absolute Gasteiger partial charge is 0.493 e. The molecule has 1 N–H and O–H groups in total. The lowest BCUT2D eigenvalue weighted by atomic mass is 9.89. The zero-order valence-electron chi connectivity index (χ0n) is 20.9. The summed E-state index contributed by atoms with van der Waals surface area (Å²) in [5, 5.41) is 8.97. The van der Waals surface area contributed by atoms with Crippen LogP contribution in [-0.4, -0.2) is 36.3 Å². The average Bonchev–Trinajstić information content (AvgIpc) is 2.86. The van der Waals surface area contributed by atoms with E-state index in [1.807, 2.05) is 31.2 Å². The third kappa shape index (κ3) is 7.26. The summed E-state index contributed by atoms with van der Waals surface area (Å²) < 4.78 is 35.1. The molecule has 1 aliphatic heterocycles. The van der Waals surface area contributed by atoms with E-state index in [1.165, 1.54) is 18.2 Å². The second-order valence-corrected chi connectivity index (χ2v) is 8.69. The molecule has 1 unspecified atom stereocenters. The first-order valence-corrected chi connectivity index (χ1v) is 12.2. The first-order chi connectivity index (χ1) is 17.3. The molecule has 0 bridgehead atoms. The minimum Gasteiger partial charge on any atom is -0.493 e. The SMILES string of the molecule is CCCCCC(=O)Nc1ccc(CN2N=C(c3ccc(OC(F)F)c(OC)c3)C(CC)CC2=O)cc1. The number of methoxy groups -OCH3 is 1. The van der Waals surface area contributed by atoms with Gasteiger partial charge >= 0.3 is 6.61 Å². The van der Waals surface area contributed by atoms with Crippen molar-refractivity contribution in [3.63, 3.8) is 0 Å². The Kier molecular flexibility index (Phi) is 9.78. The molecule has 2 amide bonds. The molecular weight excluding hydrogens is 468 g/mol.